The predicted molar refractivity (Wildman–Crippen MR) is 67.9 cm³/mol. The molecule has 1 aliphatic heterocycles. The molecule has 102 valence electrons. The SMILES string of the molecule is COC(=O)C1CCCCN1C(=O)C1CCCC1C. The molecule has 2 aliphatic rings. The molecule has 0 N–H and O–H groups in total. The van der Waals surface area contributed by atoms with Crippen LogP contribution in [0.25, 0.3) is 0 Å². The van der Waals surface area contributed by atoms with Crippen molar-refractivity contribution < 1.29 is 14.3 Å². The summed E-state index contributed by atoms with van der Waals surface area (Å²) in [5.74, 6) is 0.497. The van der Waals surface area contributed by atoms with Crippen molar-refractivity contribution in [2.75, 3.05) is 13.7 Å². The average molecular weight is 253 g/mol. The summed E-state index contributed by atoms with van der Waals surface area (Å²) in [6, 6.07) is -0.343. The number of carbonyl (C=O) groups excluding carboxylic acids is 2. The van der Waals surface area contributed by atoms with E-state index in [1.54, 1.807) is 4.90 Å². The first-order valence-electron chi connectivity index (χ1n) is 7.03. The summed E-state index contributed by atoms with van der Waals surface area (Å²) in [6.07, 6.45) is 6.00. The van der Waals surface area contributed by atoms with Crippen molar-refractivity contribution >= 4 is 11.9 Å². The first kappa shape index (κ1) is 13.4. The van der Waals surface area contributed by atoms with Gasteiger partial charge in [-0.15, -0.1) is 0 Å². The van der Waals surface area contributed by atoms with Crippen LogP contribution in [0.1, 0.15) is 45.4 Å². The van der Waals surface area contributed by atoms with Crippen molar-refractivity contribution in [3.05, 3.63) is 0 Å². The molecule has 18 heavy (non-hydrogen) atoms. The molecule has 2 fully saturated rings. The zero-order valence-electron chi connectivity index (χ0n) is 11.4. The largest absolute Gasteiger partial charge is 0.467 e. The molecular formula is C14H23NO3. The molecule has 1 saturated heterocycles. The van der Waals surface area contributed by atoms with Gasteiger partial charge in [-0.1, -0.05) is 13.3 Å². The second-order valence-electron chi connectivity index (χ2n) is 5.58. The molecule has 1 aliphatic carbocycles. The van der Waals surface area contributed by atoms with Crippen LogP contribution in [0.4, 0.5) is 0 Å². The van der Waals surface area contributed by atoms with Crippen molar-refractivity contribution in [1.82, 2.24) is 4.90 Å². The van der Waals surface area contributed by atoms with Gasteiger partial charge in [0, 0.05) is 12.5 Å². The van der Waals surface area contributed by atoms with Crippen molar-refractivity contribution in [2.24, 2.45) is 11.8 Å². The quantitative estimate of drug-likeness (QED) is 0.707. The molecule has 0 spiro atoms. The Bertz CT molecular complexity index is 329. The van der Waals surface area contributed by atoms with E-state index >= 15 is 0 Å². The Hall–Kier alpha value is -1.06. The summed E-state index contributed by atoms with van der Waals surface area (Å²) in [4.78, 5) is 26.1. The van der Waals surface area contributed by atoms with Gasteiger partial charge in [-0.3, -0.25) is 4.79 Å². The Morgan fingerprint density at radius 3 is 2.50 bits per heavy atom. The Labute approximate surface area is 109 Å². The van der Waals surface area contributed by atoms with Crippen molar-refractivity contribution in [2.45, 2.75) is 51.5 Å². The Morgan fingerprint density at radius 2 is 1.89 bits per heavy atom. The van der Waals surface area contributed by atoms with Crippen molar-refractivity contribution in [3.63, 3.8) is 0 Å². The minimum absolute atomic E-state index is 0.121. The van der Waals surface area contributed by atoms with E-state index in [0.29, 0.717) is 12.5 Å². The topological polar surface area (TPSA) is 46.6 Å². The van der Waals surface area contributed by atoms with Gasteiger partial charge in [0.1, 0.15) is 6.04 Å². The maximum Gasteiger partial charge on any atom is 0.328 e. The molecule has 0 aromatic rings. The lowest BCUT2D eigenvalue weighted by molar-refractivity contribution is -0.156. The van der Waals surface area contributed by atoms with E-state index in [0.717, 1.165) is 38.5 Å². The van der Waals surface area contributed by atoms with E-state index in [4.69, 9.17) is 4.74 Å². The summed E-state index contributed by atoms with van der Waals surface area (Å²) in [7, 11) is 1.40. The molecule has 4 heteroatoms. The lowest BCUT2D eigenvalue weighted by atomic mass is 9.93. The number of ether oxygens (including phenoxy) is 1. The predicted octanol–water partition coefficient (Wildman–Crippen LogP) is 1.98. The lowest BCUT2D eigenvalue weighted by Gasteiger charge is -2.36. The molecule has 0 aromatic carbocycles. The van der Waals surface area contributed by atoms with Gasteiger partial charge in [0.05, 0.1) is 7.11 Å². The number of carbonyl (C=O) groups is 2. The van der Waals surface area contributed by atoms with Crippen LogP contribution in [0, 0.1) is 11.8 Å². The van der Waals surface area contributed by atoms with Crippen LogP contribution >= 0.6 is 0 Å². The van der Waals surface area contributed by atoms with Crippen LogP contribution in [0.5, 0.6) is 0 Å². The van der Waals surface area contributed by atoms with Gasteiger partial charge in [-0.2, -0.15) is 0 Å². The van der Waals surface area contributed by atoms with E-state index in [2.05, 4.69) is 6.92 Å². The number of methoxy groups -OCH3 is 1. The third-order valence-corrected chi connectivity index (χ3v) is 4.44. The standard InChI is InChI=1S/C14H23NO3/c1-10-6-5-7-11(10)13(16)15-9-4-3-8-12(15)14(17)18-2/h10-12H,3-9H2,1-2H3. The zero-order valence-corrected chi connectivity index (χ0v) is 11.4. The van der Waals surface area contributed by atoms with Gasteiger partial charge in [-0.25, -0.2) is 4.79 Å². The zero-order chi connectivity index (χ0) is 13.1. The summed E-state index contributed by atoms with van der Waals surface area (Å²) in [6.45, 7) is 2.86. The number of amides is 1. The van der Waals surface area contributed by atoms with Gasteiger partial charge in [0.15, 0.2) is 0 Å². The third kappa shape index (κ3) is 2.52. The molecule has 3 unspecified atom stereocenters. The van der Waals surface area contributed by atoms with Crippen LogP contribution in [0.15, 0.2) is 0 Å². The molecule has 0 aromatic heterocycles. The van der Waals surface area contributed by atoms with E-state index in [9.17, 15) is 9.59 Å². The fourth-order valence-corrected chi connectivity index (χ4v) is 3.30. The van der Waals surface area contributed by atoms with E-state index in [1.165, 1.54) is 7.11 Å². The molecule has 3 atom stereocenters. The second kappa shape index (κ2) is 5.72. The highest BCUT2D eigenvalue weighted by Gasteiger charge is 2.39. The minimum Gasteiger partial charge on any atom is -0.467 e. The number of rotatable bonds is 2. The number of hydrogen-bond acceptors (Lipinski definition) is 3. The number of hydrogen-bond donors (Lipinski definition) is 0. The Balaban J connectivity index is 2.08. The van der Waals surface area contributed by atoms with Crippen LogP contribution in [-0.4, -0.2) is 36.5 Å². The normalized spacial score (nSPS) is 32.3. The molecular weight excluding hydrogens is 230 g/mol. The molecule has 2 rings (SSSR count). The highest BCUT2D eigenvalue weighted by atomic mass is 16.5. The highest BCUT2D eigenvalue weighted by Crippen LogP contribution is 2.34. The van der Waals surface area contributed by atoms with Crippen molar-refractivity contribution in [1.29, 1.82) is 0 Å². The van der Waals surface area contributed by atoms with Gasteiger partial charge in [0.2, 0.25) is 5.91 Å². The first-order chi connectivity index (χ1) is 8.65. The molecule has 0 bridgehead atoms. The summed E-state index contributed by atoms with van der Waals surface area (Å²) in [5, 5.41) is 0. The lowest BCUT2D eigenvalue weighted by Crippen LogP contribution is -2.50. The molecule has 1 heterocycles. The van der Waals surface area contributed by atoms with E-state index < -0.39 is 0 Å². The van der Waals surface area contributed by atoms with E-state index in [-0.39, 0.29) is 23.8 Å². The molecule has 1 saturated carbocycles. The van der Waals surface area contributed by atoms with Gasteiger partial charge in [0.25, 0.3) is 0 Å². The summed E-state index contributed by atoms with van der Waals surface area (Å²) < 4.78 is 4.83. The molecule has 4 nitrogen and oxygen atoms in total. The maximum atomic E-state index is 12.6. The Kier molecular flexibility index (Phi) is 4.25. The molecule has 1 amide bonds. The number of piperidine rings is 1. The smallest absolute Gasteiger partial charge is 0.328 e. The minimum atomic E-state index is -0.343. The van der Waals surface area contributed by atoms with Crippen LogP contribution in [0.3, 0.4) is 0 Å². The summed E-state index contributed by atoms with van der Waals surface area (Å²) in [5.41, 5.74) is 0. The van der Waals surface area contributed by atoms with Crippen molar-refractivity contribution in [3.8, 4) is 0 Å². The highest BCUT2D eigenvalue weighted by molar-refractivity contribution is 5.86. The first-order valence-corrected chi connectivity index (χ1v) is 7.03. The second-order valence-corrected chi connectivity index (χ2v) is 5.58. The van der Waals surface area contributed by atoms with Crippen LogP contribution in [-0.2, 0) is 14.3 Å². The van der Waals surface area contributed by atoms with Crippen LogP contribution < -0.4 is 0 Å². The van der Waals surface area contributed by atoms with Gasteiger partial charge >= 0.3 is 5.97 Å². The monoisotopic (exact) mass is 253 g/mol. The fourth-order valence-electron chi connectivity index (χ4n) is 3.30. The maximum absolute atomic E-state index is 12.6. The average Bonchev–Trinajstić information content (AvgIpc) is 2.83. The number of esters is 1. The number of nitrogens with zero attached hydrogens (tertiary/aromatic N) is 1. The van der Waals surface area contributed by atoms with Gasteiger partial charge in [-0.05, 0) is 38.0 Å². The Morgan fingerprint density at radius 1 is 1.11 bits per heavy atom. The fraction of sp³-hybridized carbons (Fsp3) is 0.857. The number of likely N-dealkylation sites (tertiary alicyclic amines) is 1. The molecule has 0 radical (unpaired) electrons. The third-order valence-electron chi connectivity index (χ3n) is 4.44. The van der Waals surface area contributed by atoms with Gasteiger partial charge < -0.3 is 9.64 Å². The van der Waals surface area contributed by atoms with E-state index in [1.807, 2.05) is 0 Å². The summed E-state index contributed by atoms with van der Waals surface area (Å²) >= 11 is 0. The van der Waals surface area contributed by atoms with Crippen LogP contribution in [0.2, 0.25) is 0 Å².